The average molecular weight is 216 g/mol. The van der Waals surface area contributed by atoms with E-state index >= 15 is 0 Å². The van der Waals surface area contributed by atoms with Crippen molar-refractivity contribution in [3.63, 3.8) is 0 Å². The third-order valence-corrected chi connectivity index (χ3v) is 4.26. The molecule has 3 unspecified atom stereocenters. The first-order valence-corrected chi connectivity index (χ1v) is 6.30. The van der Waals surface area contributed by atoms with Gasteiger partial charge in [-0.3, -0.25) is 4.79 Å². The molecule has 1 rings (SSSR count). The van der Waals surface area contributed by atoms with E-state index in [0.717, 1.165) is 18.7 Å². The van der Waals surface area contributed by atoms with Crippen LogP contribution in [0, 0.1) is 0 Å². The molecule has 3 atom stereocenters. The molecule has 0 bridgehead atoms. The number of rotatable bonds is 2. The summed E-state index contributed by atoms with van der Waals surface area (Å²) in [6, 6.07) is 0.00611. The highest BCUT2D eigenvalue weighted by Gasteiger charge is 2.30. The van der Waals surface area contributed by atoms with Crippen molar-refractivity contribution in [3.05, 3.63) is 0 Å². The lowest BCUT2D eigenvalue weighted by Gasteiger charge is -2.38. The minimum Gasteiger partial charge on any atom is -0.337 e. The Morgan fingerprint density at radius 2 is 2.29 bits per heavy atom. The van der Waals surface area contributed by atoms with Crippen LogP contribution in [0.25, 0.3) is 0 Å². The van der Waals surface area contributed by atoms with Gasteiger partial charge in [0, 0.05) is 23.6 Å². The van der Waals surface area contributed by atoms with Crippen molar-refractivity contribution >= 4 is 17.7 Å². The van der Waals surface area contributed by atoms with Gasteiger partial charge in [-0.15, -0.1) is 0 Å². The van der Waals surface area contributed by atoms with Crippen molar-refractivity contribution in [2.24, 2.45) is 5.73 Å². The Morgan fingerprint density at radius 1 is 1.64 bits per heavy atom. The number of nitrogens with zero attached hydrogens (tertiary/aromatic N) is 1. The Morgan fingerprint density at radius 3 is 2.86 bits per heavy atom. The topological polar surface area (TPSA) is 46.3 Å². The number of nitrogens with two attached hydrogens (primary N) is 1. The van der Waals surface area contributed by atoms with Crippen LogP contribution in [0.3, 0.4) is 0 Å². The summed E-state index contributed by atoms with van der Waals surface area (Å²) in [4.78, 5) is 13.8. The van der Waals surface area contributed by atoms with Crippen LogP contribution in [-0.4, -0.2) is 40.4 Å². The van der Waals surface area contributed by atoms with Gasteiger partial charge in [-0.1, -0.05) is 13.8 Å². The lowest BCUT2D eigenvalue weighted by atomic mass is 10.1. The van der Waals surface area contributed by atoms with E-state index in [9.17, 15) is 4.79 Å². The number of amides is 1. The van der Waals surface area contributed by atoms with Gasteiger partial charge in [0.15, 0.2) is 0 Å². The third kappa shape index (κ3) is 2.42. The Kier molecular flexibility index (Phi) is 4.26. The van der Waals surface area contributed by atoms with Crippen LogP contribution >= 0.6 is 11.8 Å². The highest BCUT2D eigenvalue weighted by Crippen LogP contribution is 2.24. The number of carbonyl (C=O) groups excluding carboxylic acids is 1. The van der Waals surface area contributed by atoms with Crippen LogP contribution in [0.15, 0.2) is 0 Å². The Hall–Kier alpha value is -0.220. The van der Waals surface area contributed by atoms with Crippen LogP contribution < -0.4 is 5.73 Å². The van der Waals surface area contributed by atoms with E-state index in [-0.39, 0.29) is 11.9 Å². The normalized spacial score (nSPS) is 30.1. The first-order chi connectivity index (χ1) is 6.57. The molecule has 4 heteroatoms. The molecular formula is C10H20N2OS. The summed E-state index contributed by atoms with van der Waals surface area (Å²) in [5.74, 6) is 1.15. The zero-order chi connectivity index (χ0) is 10.7. The first kappa shape index (κ1) is 11.9. The number of carbonyl (C=O) groups is 1. The van der Waals surface area contributed by atoms with Crippen LogP contribution in [0.4, 0.5) is 0 Å². The lowest BCUT2D eigenvalue weighted by Crippen LogP contribution is -2.53. The highest BCUT2D eigenvalue weighted by atomic mass is 32.2. The standard InChI is InChI=1S/C10H20N2OS/c1-4-9(11)10(13)12-5-6-14-8(3)7(12)2/h7-9H,4-6,11H2,1-3H3. The zero-order valence-corrected chi connectivity index (χ0v) is 10.0. The predicted octanol–water partition coefficient (Wildman–Crippen LogP) is 1.08. The molecule has 82 valence electrons. The largest absolute Gasteiger partial charge is 0.337 e. The Labute approximate surface area is 90.4 Å². The van der Waals surface area contributed by atoms with Crippen LogP contribution in [-0.2, 0) is 4.79 Å². The monoisotopic (exact) mass is 216 g/mol. The molecule has 1 amide bonds. The molecule has 0 radical (unpaired) electrons. The van der Waals surface area contributed by atoms with Gasteiger partial charge in [-0.2, -0.15) is 11.8 Å². The van der Waals surface area contributed by atoms with Gasteiger partial charge in [-0.25, -0.2) is 0 Å². The van der Waals surface area contributed by atoms with Crippen molar-refractivity contribution in [2.45, 2.75) is 44.5 Å². The van der Waals surface area contributed by atoms with Crippen molar-refractivity contribution in [1.29, 1.82) is 0 Å². The highest BCUT2D eigenvalue weighted by molar-refractivity contribution is 8.00. The summed E-state index contributed by atoms with van der Waals surface area (Å²) < 4.78 is 0. The minimum absolute atomic E-state index is 0.118. The van der Waals surface area contributed by atoms with E-state index in [2.05, 4.69) is 13.8 Å². The van der Waals surface area contributed by atoms with E-state index in [1.165, 1.54) is 0 Å². The van der Waals surface area contributed by atoms with Crippen LogP contribution in [0.1, 0.15) is 27.2 Å². The number of hydrogen-bond acceptors (Lipinski definition) is 3. The molecule has 1 fully saturated rings. The molecule has 0 spiro atoms. The SMILES string of the molecule is CCC(N)C(=O)N1CCSC(C)C1C. The fraction of sp³-hybridized carbons (Fsp3) is 0.900. The second kappa shape index (κ2) is 5.03. The molecule has 14 heavy (non-hydrogen) atoms. The lowest BCUT2D eigenvalue weighted by molar-refractivity contribution is -0.134. The first-order valence-electron chi connectivity index (χ1n) is 5.25. The fourth-order valence-electron chi connectivity index (χ4n) is 1.63. The third-order valence-electron chi connectivity index (χ3n) is 2.92. The minimum atomic E-state index is -0.312. The molecule has 2 N–H and O–H groups in total. The Bertz CT molecular complexity index is 210. The van der Waals surface area contributed by atoms with E-state index in [1.807, 2.05) is 23.6 Å². The summed E-state index contributed by atoms with van der Waals surface area (Å²) in [6.45, 7) is 7.08. The van der Waals surface area contributed by atoms with Gasteiger partial charge in [0.25, 0.3) is 0 Å². The molecule has 0 aromatic rings. The average Bonchev–Trinajstić information content (AvgIpc) is 2.20. The zero-order valence-electron chi connectivity index (χ0n) is 9.19. The molecule has 0 aliphatic carbocycles. The number of hydrogen-bond donors (Lipinski definition) is 1. The van der Waals surface area contributed by atoms with E-state index in [4.69, 9.17) is 5.73 Å². The summed E-state index contributed by atoms with van der Waals surface area (Å²) >= 11 is 1.93. The molecule has 3 nitrogen and oxygen atoms in total. The maximum atomic E-state index is 11.9. The van der Waals surface area contributed by atoms with Crippen molar-refractivity contribution < 1.29 is 4.79 Å². The van der Waals surface area contributed by atoms with Crippen molar-refractivity contribution in [2.75, 3.05) is 12.3 Å². The molecular weight excluding hydrogens is 196 g/mol. The number of thioether (sulfide) groups is 1. The van der Waals surface area contributed by atoms with Crippen LogP contribution in [0.2, 0.25) is 0 Å². The molecule has 1 saturated heterocycles. The maximum absolute atomic E-state index is 11.9. The van der Waals surface area contributed by atoms with Gasteiger partial charge in [0.1, 0.15) is 0 Å². The van der Waals surface area contributed by atoms with Crippen molar-refractivity contribution in [3.8, 4) is 0 Å². The summed E-state index contributed by atoms with van der Waals surface area (Å²) in [5, 5.41) is 0.525. The molecule has 0 aromatic carbocycles. The molecule has 0 aromatic heterocycles. The van der Waals surface area contributed by atoms with Gasteiger partial charge in [-0.05, 0) is 13.3 Å². The quantitative estimate of drug-likeness (QED) is 0.751. The summed E-state index contributed by atoms with van der Waals surface area (Å²) in [5.41, 5.74) is 5.76. The van der Waals surface area contributed by atoms with Gasteiger partial charge < -0.3 is 10.6 Å². The van der Waals surface area contributed by atoms with Crippen LogP contribution in [0.5, 0.6) is 0 Å². The molecule has 1 aliphatic heterocycles. The smallest absolute Gasteiger partial charge is 0.239 e. The predicted molar refractivity (Wildman–Crippen MR) is 61.4 cm³/mol. The van der Waals surface area contributed by atoms with E-state index in [1.54, 1.807) is 0 Å². The van der Waals surface area contributed by atoms with Gasteiger partial charge in [0.2, 0.25) is 5.91 Å². The van der Waals surface area contributed by atoms with E-state index < -0.39 is 0 Å². The molecule has 1 heterocycles. The van der Waals surface area contributed by atoms with E-state index in [0.29, 0.717) is 11.3 Å². The fourth-order valence-corrected chi connectivity index (χ4v) is 2.73. The van der Waals surface area contributed by atoms with Gasteiger partial charge >= 0.3 is 0 Å². The Balaban J connectivity index is 2.62. The second-order valence-electron chi connectivity index (χ2n) is 3.86. The second-order valence-corrected chi connectivity index (χ2v) is 5.35. The maximum Gasteiger partial charge on any atom is 0.239 e. The van der Waals surface area contributed by atoms with Crippen molar-refractivity contribution in [1.82, 2.24) is 4.90 Å². The molecule has 0 saturated carbocycles. The van der Waals surface area contributed by atoms with Gasteiger partial charge in [0.05, 0.1) is 6.04 Å². The summed E-state index contributed by atoms with van der Waals surface area (Å²) in [7, 11) is 0. The summed E-state index contributed by atoms with van der Waals surface area (Å²) in [6.07, 6.45) is 0.726. The molecule has 1 aliphatic rings.